The summed E-state index contributed by atoms with van der Waals surface area (Å²) < 4.78 is 30.1. The van der Waals surface area contributed by atoms with Crippen molar-refractivity contribution >= 4 is 38.9 Å². The summed E-state index contributed by atoms with van der Waals surface area (Å²) in [5.41, 5.74) is 6.37. The monoisotopic (exact) mass is 302 g/mol. The highest BCUT2D eigenvalue weighted by molar-refractivity contribution is 7.93. The Morgan fingerprint density at radius 1 is 1.37 bits per heavy atom. The van der Waals surface area contributed by atoms with Gasteiger partial charge in [-0.25, -0.2) is 8.42 Å². The van der Waals surface area contributed by atoms with Crippen LogP contribution in [0.25, 0.3) is 0 Å². The molecule has 3 N–H and O–H groups in total. The fraction of sp³-hybridized carbons (Fsp3) is 0.273. The minimum atomic E-state index is -3.78. The molecule has 19 heavy (non-hydrogen) atoms. The molecule has 6 nitrogen and oxygen atoms in total. The van der Waals surface area contributed by atoms with E-state index in [1.54, 1.807) is 19.1 Å². The minimum Gasteiger partial charge on any atom is -0.465 e. The van der Waals surface area contributed by atoms with Crippen LogP contribution < -0.4 is 10.5 Å². The summed E-state index contributed by atoms with van der Waals surface area (Å²) in [4.78, 5) is 11.3. The highest BCUT2D eigenvalue weighted by atomic mass is 32.2. The number of thiocarbonyl (C=S) groups is 1. The van der Waals surface area contributed by atoms with E-state index in [-0.39, 0.29) is 11.6 Å². The number of benzene rings is 1. The first-order valence-electron chi connectivity index (χ1n) is 5.40. The Hall–Kier alpha value is -1.67. The van der Waals surface area contributed by atoms with Gasteiger partial charge in [0.25, 0.3) is 0 Å². The molecular formula is C11H14N2O4S2. The molecule has 0 aromatic heterocycles. The van der Waals surface area contributed by atoms with E-state index < -0.39 is 21.7 Å². The number of ether oxygens (including phenoxy) is 1. The van der Waals surface area contributed by atoms with E-state index >= 15 is 0 Å². The summed E-state index contributed by atoms with van der Waals surface area (Å²) in [6, 6.07) is 6.20. The van der Waals surface area contributed by atoms with Crippen molar-refractivity contribution in [2.45, 2.75) is 6.92 Å². The molecule has 0 saturated carbocycles. The number of nitrogens with two attached hydrogens (primary N) is 1. The molecule has 0 heterocycles. The fourth-order valence-electron chi connectivity index (χ4n) is 1.28. The Bertz CT molecular complexity index is 567. The second-order valence-corrected chi connectivity index (χ2v) is 5.77. The number of hydrogen-bond donors (Lipinski definition) is 2. The number of nitrogens with one attached hydrogen (secondary N) is 1. The summed E-state index contributed by atoms with van der Waals surface area (Å²) >= 11 is 4.78. The van der Waals surface area contributed by atoms with Crippen molar-refractivity contribution in [1.29, 1.82) is 0 Å². The van der Waals surface area contributed by atoms with Gasteiger partial charge in [0.15, 0.2) is 5.75 Å². The number of carbonyl (C=O) groups is 1. The molecule has 0 fully saturated rings. The van der Waals surface area contributed by atoms with Crippen LogP contribution in [0, 0.1) is 0 Å². The first-order valence-corrected chi connectivity index (χ1v) is 7.46. The Morgan fingerprint density at radius 2 is 1.95 bits per heavy atom. The smallest absolute Gasteiger partial charge is 0.323 e. The molecule has 0 saturated heterocycles. The van der Waals surface area contributed by atoms with Gasteiger partial charge in [0.2, 0.25) is 10.0 Å². The Kier molecular flexibility index (Phi) is 5.25. The van der Waals surface area contributed by atoms with E-state index in [1.807, 2.05) is 0 Å². The van der Waals surface area contributed by atoms with Crippen LogP contribution in [0.4, 0.5) is 5.69 Å². The zero-order chi connectivity index (χ0) is 14.5. The lowest BCUT2D eigenvalue weighted by Crippen LogP contribution is -2.24. The van der Waals surface area contributed by atoms with Gasteiger partial charge < -0.3 is 10.5 Å². The fourth-order valence-corrected chi connectivity index (χ4v) is 2.37. The van der Waals surface area contributed by atoms with Crippen molar-refractivity contribution in [2.24, 2.45) is 5.73 Å². The molecule has 1 rings (SSSR count). The Labute approximate surface area is 117 Å². The number of rotatable bonds is 6. The van der Waals surface area contributed by atoms with Gasteiger partial charge in [-0.3, -0.25) is 9.52 Å². The Balaban J connectivity index is 2.73. The van der Waals surface area contributed by atoms with Gasteiger partial charge in [0, 0.05) is 11.3 Å². The summed E-state index contributed by atoms with van der Waals surface area (Å²) in [6.07, 6.45) is 0. The zero-order valence-electron chi connectivity index (χ0n) is 10.3. The predicted octanol–water partition coefficient (Wildman–Crippen LogP) is 0.626. The molecule has 0 aliphatic carbocycles. The topological polar surface area (TPSA) is 98.5 Å². The van der Waals surface area contributed by atoms with E-state index in [9.17, 15) is 13.2 Å². The van der Waals surface area contributed by atoms with Crippen LogP contribution in [0.3, 0.4) is 0 Å². The molecule has 0 aliphatic heterocycles. The first kappa shape index (κ1) is 15.4. The summed E-state index contributed by atoms with van der Waals surface area (Å²) in [5, 5.41) is 0. The van der Waals surface area contributed by atoms with Gasteiger partial charge in [0.05, 0.1) is 6.61 Å². The lowest BCUT2D eigenvalue weighted by Gasteiger charge is -2.08. The van der Waals surface area contributed by atoms with Gasteiger partial charge in [-0.1, -0.05) is 12.2 Å². The van der Waals surface area contributed by atoms with Crippen molar-refractivity contribution in [3.63, 3.8) is 0 Å². The van der Waals surface area contributed by atoms with Crippen LogP contribution in [0.1, 0.15) is 12.5 Å². The van der Waals surface area contributed by atoms with Crippen molar-refractivity contribution in [3.8, 4) is 0 Å². The van der Waals surface area contributed by atoms with E-state index in [1.165, 1.54) is 12.1 Å². The molecule has 0 spiro atoms. The molecule has 0 radical (unpaired) electrons. The molecule has 0 amide bonds. The normalized spacial score (nSPS) is 10.8. The maximum absolute atomic E-state index is 11.6. The molecule has 8 heteroatoms. The quantitative estimate of drug-likeness (QED) is 0.590. The average molecular weight is 302 g/mol. The number of sulfonamides is 1. The molecule has 104 valence electrons. The largest absolute Gasteiger partial charge is 0.465 e. The highest BCUT2D eigenvalue weighted by Crippen LogP contribution is 2.11. The van der Waals surface area contributed by atoms with Gasteiger partial charge >= 0.3 is 5.97 Å². The van der Waals surface area contributed by atoms with Crippen molar-refractivity contribution < 1.29 is 17.9 Å². The third-order valence-corrected chi connectivity index (χ3v) is 3.45. The van der Waals surface area contributed by atoms with E-state index in [4.69, 9.17) is 18.0 Å². The standard InChI is InChI=1S/C11H14N2O4S2/c1-2-17-10(14)7-19(15,16)13-9-5-3-8(4-6-9)11(12)18/h3-6,13H,2,7H2,1H3,(H2,12,18). The molecule has 0 atom stereocenters. The molecule has 1 aromatic rings. The maximum Gasteiger partial charge on any atom is 0.323 e. The molecule has 0 bridgehead atoms. The van der Waals surface area contributed by atoms with E-state index in [0.717, 1.165) is 0 Å². The summed E-state index contributed by atoms with van der Waals surface area (Å²) in [7, 11) is -3.78. The third-order valence-electron chi connectivity index (χ3n) is 2.06. The molecule has 0 unspecified atom stereocenters. The highest BCUT2D eigenvalue weighted by Gasteiger charge is 2.17. The second-order valence-electron chi connectivity index (χ2n) is 3.61. The number of carbonyl (C=O) groups excluding carboxylic acids is 1. The van der Waals surface area contributed by atoms with E-state index in [2.05, 4.69) is 9.46 Å². The second kappa shape index (κ2) is 6.48. The average Bonchev–Trinajstić information content (AvgIpc) is 2.28. The molecule has 0 aliphatic rings. The summed E-state index contributed by atoms with van der Waals surface area (Å²) in [5.74, 6) is -1.52. The minimum absolute atomic E-state index is 0.136. The van der Waals surface area contributed by atoms with Crippen molar-refractivity contribution in [3.05, 3.63) is 29.8 Å². The summed E-state index contributed by atoms with van der Waals surface area (Å²) in [6.45, 7) is 1.74. The van der Waals surface area contributed by atoms with Crippen LogP contribution in [-0.4, -0.2) is 31.7 Å². The number of anilines is 1. The molecular weight excluding hydrogens is 288 g/mol. The zero-order valence-corrected chi connectivity index (χ0v) is 11.9. The van der Waals surface area contributed by atoms with Crippen LogP contribution in [-0.2, 0) is 19.6 Å². The lowest BCUT2D eigenvalue weighted by atomic mass is 10.2. The van der Waals surface area contributed by atoms with Gasteiger partial charge in [-0.05, 0) is 31.2 Å². The number of esters is 1. The molecule has 1 aromatic carbocycles. The van der Waals surface area contributed by atoms with Gasteiger partial charge in [-0.2, -0.15) is 0 Å². The van der Waals surface area contributed by atoms with Crippen molar-refractivity contribution in [2.75, 3.05) is 17.1 Å². The first-order chi connectivity index (χ1) is 8.84. The number of hydrogen-bond acceptors (Lipinski definition) is 5. The van der Waals surface area contributed by atoms with Gasteiger partial charge in [0.1, 0.15) is 4.99 Å². The lowest BCUT2D eigenvalue weighted by molar-refractivity contribution is -0.139. The maximum atomic E-state index is 11.6. The predicted molar refractivity (Wildman–Crippen MR) is 76.4 cm³/mol. The van der Waals surface area contributed by atoms with Gasteiger partial charge in [-0.15, -0.1) is 0 Å². The third kappa shape index (κ3) is 5.23. The van der Waals surface area contributed by atoms with Crippen LogP contribution in [0.15, 0.2) is 24.3 Å². The van der Waals surface area contributed by atoms with Crippen LogP contribution in [0.5, 0.6) is 0 Å². The van der Waals surface area contributed by atoms with Crippen LogP contribution >= 0.6 is 12.2 Å². The van der Waals surface area contributed by atoms with Crippen molar-refractivity contribution in [1.82, 2.24) is 0 Å². The SMILES string of the molecule is CCOC(=O)CS(=O)(=O)Nc1ccc(C(N)=S)cc1. The Morgan fingerprint density at radius 3 is 2.42 bits per heavy atom. The van der Waals surface area contributed by atoms with E-state index in [0.29, 0.717) is 11.3 Å². The van der Waals surface area contributed by atoms with Crippen LogP contribution in [0.2, 0.25) is 0 Å².